The number of hydrogen-bond acceptors (Lipinski definition) is 2. The lowest BCUT2D eigenvalue weighted by Crippen LogP contribution is -2.37. The fourth-order valence-electron chi connectivity index (χ4n) is 1.28. The predicted molar refractivity (Wildman–Crippen MR) is 54.9 cm³/mol. The van der Waals surface area contributed by atoms with E-state index in [1.54, 1.807) is 6.92 Å². The van der Waals surface area contributed by atoms with Gasteiger partial charge >= 0.3 is 5.97 Å². The molecule has 1 atom stereocenters. The highest BCUT2D eigenvalue weighted by atomic mass is 16.4. The average Bonchev–Trinajstić information content (AvgIpc) is 2.19. The normalized spacial score (nSPS) is 14.7. The average molecular weight is 193 g/mol. The Kier molecular flexibility index (Phi) is 3.25. The van der Waals surface area contributed by atoms with E-state index in [2.05, 4.69) is 0 Å². The molecule has 0 amide bonds. The largest absolute Gasteiger partial charge is 0.481 e. The van der Waals surface area contributed by atoms with Gasteiger partial charge in [-0.3, -0.25) is 4.79 Å². The molecule has 0 saturated heterocycles. The topological polar surface area (TPSA) is 63.3 Å². The fraction of sp³-hybridized carbons (Fsp3) is 0.364. The summed E-state index contributed by atoms with van der Waals surface area (Å²) in [5.74, 6) is -0.844. The molecule has 0 spiro atoms. The summed E-state index contributed by atoms with van der Waals surface area (Å²) in [5.41, 5.74) is 5.62. The smallest absolute Gasteiger partial charge is 0.310 e. The van der Waals surface area contributed by atoms with E-state index in [0.717, 1.165) is 5.56 Å². The standard InChI is InChI=1S/C11H15NO2/c1-11(8-12,10(13)14)7-9-5-3-2-4-6-9/h2-6H,7-8,12H2,1H3,(H,13,14)/t11-/m0/s1. The number of carboxylic acid groups (broad SMARTS) is 1. The van der Waals surface area contributed by atoms with Gasteiger partial charge in [0.15, 0.2) is 0 Å². The second kappa shape index (κ2) is 4.24. The Bertz CT molecular complexity index is 310. The van der Waals surface area contributed by atoms with Crippen molar-refractivity contribution in [3.8, 4) is 0 Å². The first kappa shape index (κ1) is 10.7. The minimum atomic E-state index is -0.860. The highest BCUT2D eigenvalue weighted by molar-refractivity contribution is 5.74. The van der Waals surface area contributed by atoms with Gasteiger partial charge in [-0.05, 0) is 18.9 Å². The van der Waals surface area contributed by atoms with Crippen molar-refractivity contribution in [2.75, 3.05) is 6.54 Å². The minimum Gasteiger partial charge on any atom is -0.481 e. The van der Waals surface area contributed by atoms with Crippen LogP contribution in [0.3, 0.4) is 0 Å². The molecule has 1 aromatic carbocycles. The van der Waals surface area contributed by atoms with E-state index in [-0.39, 0.29) is 6.54 Å². The first-order valence-corrected chi connectivity index (χ1v) is 4.56. The Labute approximate surface area is 83.6 Å². The van der Waals surface area contributed by atoms with Crippen molar-refractivity contribution in [2.45, 2.75) is 13.3 Å². The predicted octanol–water partition coefficient (Wildman–Crippen LogP) is 1.28. The maximum Gasteiger partial charge on any atom is 0.310 e. The summed E-state index contributed by atoms with van der Waals surface area (Å²) in [5, 5.41) is 9.01. The first-order valence-electron chi connectivity index (χ1n) is 4.56. The van der Waals surface area contributed by atoms with Gasteiger partial charge in [-0.25, -0.2) is 0 Å². The lowest BCUT2D eigenvalue weighted by molar-refractivity contribution is -0.147. The Morgan fingerprint density at radius 3 is 2.43 bits per heavy atom. The lowest BCUT2D eigenvalue weighted by atomic mass is 9.84. The highest BCUT2D eigenvalue weighted by Gasteiger charge is 2.31. The summed E-state index contributed by atoms with van der Waals surface area (Å²) >= 11 is 0. The van der Waals surface area contributed by atoms with Crippen molar-refractivity contribution >= 4 is 5.97 Å². The first-order chi connectivity index (χ1) is 6.58. The van der Waals surface area contributed by atoms with Crippen LogP contribution in [0.2, 0.25) is 0 Å². The molecule has 3 heteroatoms. The summed E-state index contributed by atoms with van der Waals surface area (Å²) in [6, 6.07) is 9.53. The van der Waals surface area contributed by atoms with Crippen molar-refractivity contribution in [1.29, 1.82) is 0 Å². The van der Waals surface area contributed by atoms with Gasteiger partial charge < -0.3 is 10.8 Å². The van der Waals surface area contributed by atoms with Crippen LogP contribution in [0.1, 0.15) is 12.5 Å². The van der Waals surface area contributed by atoms with Gasteiger partial charge in [-0.15, -0.1) is 0 Å². The fourth-order valence-corrected chi connectivity index (χ4v) is 1.28. The molecule has 3 N–H and O–H groups in total. The second-order valence-corrected chi connectivity index (χ2v) is 3.73. The molecule has 0 radical (unpaired) electrons. The van der Waals surface area contributed by atoms with Crippen LogP contribution in [0, 0.1) is 5.41 Å². The Morgan fingerprint density at radius 2 is 2.00 bits per heavy atom. The zero-order valence-electron chi connectivity index (χ0n) is 8.23. The van der Waals surface area contributed by atoms with Crippen molar-refractivity contribution in [3.63, 3.8) is 0 Å². The Morgan fingerprint density at radius 1 is 1.43 bits per heavy atom. The molecule has 3 nitrogen and oxygen atoms in total. The van der Waals surface area contributed by atoms with Gasteiger partial charge in [-0.2, -0.15) is 0 Å². The second-order valence-electron chi connectivity index (χ2n) is 3.73. The molecule has 1 aromatic rings. The molecule has 1 rings (SSSR count). The van der Waals surface area contributed by atoms with Crippen LogP contribution in [-0.4, -0.2) is 17.6 Å². The van der Waals surface area contributed by atoms with Crippen LogP contribution in [0.15, 0.2) is 30.3 Å². The summed E-state index contributed by atoms with van der Waals surface area (Å²) < 4.78 is 0. The monoisotopic (exact) mass is 193 g/mol. The van der Waals surface area contributed by atoms with E-state index < -0.39 is 11.4 Å². The molecule has 0 bridgehead atoms. The molecule has 14 heavy (non-hydrogen) atoms. The van der Waals surface area contributed by atoms with Crippen LogP contribution in [0.25, 0.3) is 0 Å². The summed E-state index contributed by atoms with van der Waals surface area (Å²) in [4.78, 5) is 11.0. The number of aliphatic carboxylic acids is 1. The van der Waals surface area contributed by atoms with Crippen molar-refractivity contribution < 1.29 is 9.90 Å². The third kappa shape index (κ3) is 2.33. The molecule has 0 aromatic heterocycles. The highest BCUT2D eigenvalue weighted by Crippen LogP contribution is 2.21. The van der Waals surface area contributed by atoms with Gasteiger partial charge in [-0.1, -0.05) is 30.3 Å². The van der Waals surface area contributed by atoms with Crippen LogP contribution < -0.4 is 5.73 Å². The molecule has 0 saturated carbocycles. The van der Waals surface area contributed by atoms with Gasteiger partial charge in [0.2, 0.25) is 0 Å². The van der Waals surface area contributed by atoms with Crippen LogP contribution in [0.5, 0.6) is 0 Å². The molecule has 0 heterocycles. The zero-order chi connectivity index (χ0) is 10.6. The molecule has 0 unspecified atom stereocenters. The zero-order valence-corrected chi connectivity index (χ0v) is 8.23. The number of carbonyl (C=O) groups is 1. The van der Waals surface area contributed by atoms with Crippen LogP contribution in [0.4, 0.5) is 0 Å². The summed E-state index contributed by atoms with van der Waals surface area (Å²) in [7, 11) is 0. The van der Waals surface area contributed by atoms with Gasteiger partial charge in [0.1, 0.15) is 0 Å². The van der Waals surface area contributed by atoms with E-state index in [1.165, 1.54) is 0 Å². The van der Waals surface area contributed by atoms with E-state index in [9.17, 15) is 4.79 Å². The molecule has 0 fully saturated rings. The molecule has 0 aliphatic heterocycles. The van der Waals surface area contributed by atoms with Crippen molar-refractivity contribution in [2.24, 2.45) is 11.1 Å². The summed E-state index contributed by atoms with van der Waals surface area (Å²) in [6.07, 6.45) is 0.472. The summed E-state index contributed by atoms with van der Waals surface area (Å²) in [6.45, 7) is 1.82. The van der Waals surface area contributed by atoms with Crippen LogP contribution >= 0.6 is 0 Å². The third-order valence-corrected chi connectivity index (χ3v) is 2.40. The number of hydrogen-bond donors (Lipinski definition) is 2. The number of nitrogens with two attached hydrogens (primary N) is 1. The van der Waals surface area contributed by atoms with Crippen LogP contribution in [-0.2, 0) is 11.2 Å². The number of rotatable bonds is 4. The SMILES string of the molecule is C[C@@](CN)(Cc1ccccc1)C(=O)O. The van der Waals surface area contributed by atoms with E-state index >= 15 is 0 Å². The third-order valence-electron chi connectivity index (χ3n) is 2.40. The van der Waals surface area contributed by atoms with Crippen molar-refractivity contribution in [3.05, 3.63) is 35.9 Å². The maximum atomic E-state index is 11.0. The van der Waals surface area contributed by atoms with Gasteiger partial charge in [0, 0.05) is 6.54 Å². The van der Waals surface area contributed by atoms with Gasteiger partial charge in [0.25, 0.3) is 0 Å². The number of benzene rings is 1. The molecular weight excluding hydrogens is 178 g/mol. The molecule has 76 valence electrons. The Balaban J connectivity index is 2.81. The Hall–Kier alpha value is -1.35. The molecular formula is C11H15NO2. The maximum absolute atomic E-state index is 11.0. The van der Waals surface area contributed by atoms with E-state index in [4.69, 9.17) is 10.8 Å². The minimum absolute atomic E-state index is 0.150. The van der Waals surface area contributed by atoms with Crippen molar-refractivity contribution in [1.82, 2.24) is 0 Å². The molecule has 0 aliphatic carbocycles. The quantitative estimate of drug-likeness (QED) is 0.757. The number of carboxylic acids is 1. The molecule has 0 aliphatic rings. The van der Waals surface area contributed by atoms with E-state index in [1.807, 2.05) is 30.3 Å². The lowest BCUT2D eigenvalue weighted by Gasteiger charge is -2.22. The van der Waals surface area contributed by atoms with Gasteiger partial charge in [0.05, 0.1) is 5.41 Å². The van der Waals surface area contributed by atoms with E-state index in [0.29, 0.717) is 6.42 Å².